The first-order valence-electron chi connectivity index (χ1n) is 6.69. The van der Waals surface area contributed by atoms with Crippen molar-refractivity contribution >= 4 is 5.97 Å². The zero-order valence-electron chi connectivity index (χ0n) is 10.9. The monoisotopic (exact) mass is 240 g/mol. The van der Waals surface area contributed by atoms with Gasteiger partial charge in [-0.2, -0.15) is 0 Å². The molecule has 0 aromatic rings. The molecule has 2 aliphatic heterocycles. The van der Waals surface area contributed by atoms with Gasteiger partial charge in [-0.1, -0.05) is 0 Å². The van der Waals surface area contributed by atoms with Gasteiger partial charge >= 0.3 is 5.97 Å². The number of hydrogen-bond donors (Lipinski definition) is 1. The summed E-state index contributed by atoms with van der Waals surface area (Å²) < 4.78 is 4.98. The molecule has 2 atom stereocenters. The number of ether oxygens (including phenoxy) is 1. The fourth-order valence-electron chi connectivity index (χ4n) is 3.37. The minimum Gasteiger partial charge on any atom is -0.469 e. The van der Waals surface area contributed by atoms with Crippen LogP contribution in [0.5, 0.6) is 0 Å². The molecule has 4 nitrogen and oxygen atoms in total. The molecular weight excluding hydrogens is 216 g/mol. The summed E-state index contributed by atoms with van der Waals surface area (Å²) in [6.07, 6.45) is 3.56. The molecule has 0 radical (unpaired) electrons. The smallest absolute Gasteiger partial charge is 0.310 e. The first-order valence-corrected chi connectivity index (χ1v) is 6.69. The van der Waals surface area contributed by atoms with Gasteiger partial charge in [0.2, 0.25) is 0 Å². The Morgan fingerprint density at radius 2 is 2.00 bits per heavy atom. The van der Waals surface area contributed by atoms with Crippen molar-refractivity contribution in [2.75, 3.05) is 40.3 Å². The summed E-state index contributed by atoms with van der Waals surface area (Å²) in [4.78, 5) is 14.2. The summed E-state index contributed by atoms with van der Waals surface area (Å²) in [5.41, 5.74) is 0. The number of carbonyl (C=O) groups excluding carboxylic acids is 1. The lowest BCUT2D eigenvalue weighted by Crippen LogP contribution is -2.46. The summed E-state index contributed by atoms with van der Waals surface area (Å²) in [7, 11) is 3.60. The Kier molecular flexibility index (Phi) is 4.40. The average molecular weight is 240 g/mol. The summed E-state index contributed by atoms with van der Waals surface area (Å²) in [5.74, 6) is 1.30. The molecule has 4 heteroatoms. The molecule has 0 bridgehead atoms. The fraction of sp³-hybridized carbons (Fsp3) is 0.923. The maximum absolute atomic E-state index is 11.9. The number of esters is 1. The van der Waals surface area contributed by atoms with Crippen molar-refractivity contribution in [1.82, 2.24) is 10.2 Å². The van der Waals surface area contributed by atoms with Gasteiger partial charge in [0, 0.05) is 6.54 Å². The molecule has 1 N–H and O–H groups in total. The van der Waals surface area contributed by atoms with Crippen molar-refractivity contribution in [1.29, 1.82) is 0 Å². The van der Waals surface area contributed by atoms with Crippen molar-refractivity contribution < 1.29 is 9.53 Å². The first-order chi connectivity index (χ1) is 8.22. The second-order valence-corrected chi connectivity index (χ2v) is 5.43. The molecule has 0 spiro atoms. The predicted molar refractivity (Wildman–Crippen MR) is 66.7 cm³/mol. The van der Waals surface area contributed by atoms with Gasteiger partial charge in [0.05, 0.1) is 13.0 Å². The zero-order valence-corrected chi connectivity index (χ0v) is 10.9. The zero-order chi connectivity index (χ0) is 12.3. The van der Waals surface area contributed by atoms with Gasteiger partial charge in [0.25, 0.3) is 0 Å². The Labute approximate surface area is 104 Å². The molecule has 2 rings (SSSR count). The Bertz CT molecular complexity index is 264. The van der Waals surface area contributed by atoms with E-state index in [1.165, 1.54) is 20.0 Å². The standard InChI is InChI=1S/C13H24N2O2/c1-15-8-5-11(10-3-6-14-7-4-10)12(9-15)13(16)17-2/h10-12,14H,3-9H2,1-2H3. The molecule has 98 valence electrons. The van der Waals surface area contributed by atoms with E-state index in [4.69, 9.17) is 4.74 Å². The van der Waals surface area contributed by atoms with E-state index >= 15 is 0 Å². The van der Waals surface area contributed by atoms with Crippen LogP contribution in [0.3, 0.4) is 0 Å². The van der Waals surface area contributed by atoms with Crippen molar-refractivity contribution in [3.05, 3.63) is 0 Å². The fourth-order valence-corrected chi connectivity index (χ4v) is 3.37. The summed E-state index contributed by atoms with van der Waals surface area (Å²) in [5, 5.41) is 3.39. The lowest BCUT2D eigenvalue weighted by Gasteiger charge is -2.40. The van der Waals surface area contributed by atoms with Crippen LogP contribution in [0.2, 0.25) is 0 Å². The van der Waals surface area contributed by atoms with Crippen molar-refractivity contribution in [3.63, 3.8) is 0 Å². The van der Waals surface area contributed by atoms with E-state index in [-0.39, 0.29) is 11.9 Å². The number of hydrogen-bond acceptors (Lipinski definition) is 4. The van der Waals surface area contributed by atoms with Crippen LogP contribution >= 0.6 is 0 Å². The van der Waals surface area contributed by atoms with Gasteiger partial charge in [-0.3, -0.25) is 4.79 Å². The summed E-state index contributed by atoms with van der Waals surface area (Å²) >= 11 is 0. The molecule has 17 heavy (non-hydrogen) atoms. The normalized spacial score (nSPS) is 32.4. The highest BCUT2D eigenvalue weighted by Crippen LogP contribution is 2.35. The van der Waals surface area contributed by atoms with Crippen LogP contribution in [0.1, 0.15) is 19.3 Å². The summed E-state index contributed by atoms with van der Waals surface area (Å²) in [6.45, 7) is 4.18. The molecule has 2 fully saturated rings. The highest BCUT2D eigenvalue weighted by molar-refractivity contribution is 5.73. The Morgan fingerprint density at radius 3 is 2.65 bits per heavy atom. The number of likely N-dealkylation sites (tertiary alicyclic amines) is 1. The number of carbonyl (C=O) groups is 1. The number of nitrogens with one attached hydrogen (secondary N) is 1. The topological polar surface area (TPSA) is 41.6 Å². The Hall–Kier alpha value is -0.610. The molecule has 0 saturated carbocycles. The SMILES string of the molecule is COC(=O)C1CN(C)CCC1C1CCNCC1. The van der Waals surface area contributed by atoms with E-state index in [9.17, 15) is 4.79 Å². The first kappa shape index (κ1) is 12.8. The lowest BCUT2D eigenvalue weighted by atomic mass is 9.73. The van der Waals surface area contributed by atoms with Crippen LogP contribution in [0.4, 0.5) is 0 Å². The number of rotatable bonds is 2. The largest absolute Gasteiger partial charge is 0.469 e. The molecule has 0 amide bonds. The highest BCUT2D eigenvalue weighted by Gasteiger charge is 2.38. The highest BCUT2D eigenvalue weighted by atomic mass is 16.5. The van der Waals surface area contributed by atoms with E-state index < -0.39 is 0 Å². The third-order valence-electron chi connectivity index (χ3n) is 4.36. The van der Waals surface area contributed by atoms with E-state index in [1.54, 1.807) is 0 Å². The third-order valence-corrected chi connectivity index (χ3v) is 4.36. The molecule has 2 aliphatic rings. The van der Waals surface area contributed by atoms with Crippen LogP contribution in [0, 0.1) is 17.8 Å². The van der Waals surface area contributed by atoms with Crippen molar-refractivity contribution in [3.8, 4) is 0 Å². The minimum atomic E-state index is -0.0138. The van der Waals surface area contributed by atoms with Gasteiger partial charge in [-0.15, -0.1) is 0 Å². The predicted octanol–water partition coefficient (Wildman–Crippen LogP) is 0.727. The van der Waals surface area contributed by atoms with E-state index in [2.05, 4.69) is 17.3 Å². The molecular formula is C13H24N2O2. The van der Waals surface area contributed by atoms with Crippen molar-refractivity contribution in [2.24, 2.45) is 17.8 Å². The molecule has 2 heterocycles. The molecule has 2 unspecified atom stereocenters. The number of piperidine rings is 2. The van der Waals surface area contributed by atoms with Crippen molar-refractivity contribution in [2.45, 2.75) is 19.3 Å². The van der Waals surface area contributed by atoms with Crippen LogP contribution in [-0.4, -0.2) is 51.2 Å². The van der Waals surface area contributed by atoms with Crippen LogP contribution in [0.25, 0.3) is 0 Å². The maximum Gasteiger partial charge on any atom is 0.310 e. The minimum absolute atomic E-state index is 0.0138. The van der Waals surface area contributed by atoms with Gasteiger partial charge in [-0.05, 0) is 57.8 Å². The van der Waals surface area contributed by atoms with E-state index in [0.29, 0.717) is 11.8 Å². The van der Waals surface area contributed by atoms with Gasteiger partial charge < -0.3 is 15.0 Å². The second-order valence-electron chi connectivity index (χ2n) is 5.43. The quantitative estimate of drug-likeness (QED) is 0.722. The van der Waals surface area contributed by atoms with E-state index in [1.807, 2.05) is 0 Å². The number of methoxy groups -OCH3 is 1. The summed E-state index contributed by atoms with van der Waals surface area (Å²) in [6, 6.07) is 0. The maximum atomic E-state index is 11.9. The van der Waals surface area contributed by atoms with Crippen LogP contribution in [0.15, 0.2) is 0 Å². The molecule has 0 aromatic heterocycles. The van der Waals surface area contributed by atoms with E-state index in [0.717, 1.165) is 32.6 Å². The number of nitrogens with zero attached hydrogens (tertiary/aromatic N) is 1. The molecule has 2 saturated heterocycles. The van der Waals surface area contributed by atoms with Gasteiger partial charge in [-0.25, -0.2) is 0 Å². The molecule has 0 aliphatic carbocycles. The Balaban J connectivity index is 2.03. The van der Waals surface area contributed by atoms with Gasteiger partial charge in [0.15, 0.2) is 0 Å². The Morgan fingerprint density at radius 1 is 1.29 bits per heavy atom. The van der Waals surface area contributed by atoms with Crippen LogP contribution < -0.4 is 5.32 Å². The average Bonchev–Trinajstić information content (AvgIpc) is 2.38. The van der Waals surface area contributed by atoms with Crippen LogP contribution in [-0.2, 0) is 9.53 Å². The third kappa shape index (κ3) is 2.99. The second kappa shape index (κ2) is 5.83. The van der Waals surface area contributed by atoms with Gasteiger partial charge in [0.1, 0.15) is 0 Å². The molecule has 0 aromatic carbocycles. The lowest BCUT2D eigenvalue weighted by molar-refractivity contribution is -0.151.